The topological polar surface area (TPSA) is 84.4 Å². The summed E-state index contributed by atoms with van der Waals surface area (Å²) in [5, 5.41) is 15.2. The van der Waals surface area contributed by atoms with E-state index in [9.17, 15) is 10.1 Å². The summed E-state index contributed by atoms with van der Waals surface area (Å²) < 4.78 is 6.30. The number of pyridine rings is 1. The van der Waals surface area contributed by atoms with Crippen LogP contribution in [-0.2, 0) is 0 Å². The second kappa shape index (κ2) is 8.72. The fraction of sp³-hybridized carbons (Fsp3) is 0.154. The van der Waals surface area contributed by atoms with Crippen molar-refractivity contribution in [3.8, 4) is 11.3 Å². The van der Waals surface area contributed by atoms with Crippen LogP contribution in [0.15, 0.2) is 83.4 Å². The number of hydrogen-bond donors (Lipinski definition) is 1. The van der Waals surface area contributed by atoms with Crippen LogP contribution in [0.5, 0.6) is 0 Å². The minimum Gasteiger partial charge on any atom is -0.459 e. The van der Waals surface area contributed by atoms with E-state index in [1.54, 1.807) is 18.3 Å². The maximum absolute atomic E-state index is 11.2. The average molecular weight is 471 g/mol. The molecule has 170 valence electrons. The molecule has 7 nitrogen and oxygen atoms in total. The SMILES string of the molecule is Cc1ccc(N2C(=S)N[C@H](c3ccccn3)[C@H]2c2ccc(-c3cccc([N+](=O)[O-])c3)o2)cc1C. The molecule has 4 aromatic rings. The van der Waals surface area contributed by atoms with Crippen LogP contribution in [-0.4, -0.2) is 15.0 Å². The summed E-state index contributed by atoms with van der Waals surface area (Å²) in [6.07, 6.45) is 1.76. The van der Waals surface area contributed by atoms with Crippen molar-refractivity contribution in [1.29, 1.82) is 0 Å². The van der Waals surface area contributed by atoms with Crippen molar-refractivity contribution in [2.45, 2.75) is 25.9 Å². The molecule has 3 heterocycles. The van der Waals surface area contributed by atoms with Crippen LogP contribution in [0.25, 0.3) is 11.3 Å². The van der Waals surface area contributed by atoms with Crippen molar-refractivity contribution in [1.82, 2.24) is 10.3 Å². The van der Waals surface area contributed by atoms with Crippen LogP contribution in [0.4, 0.5) is 11.4 Å². The van der Waals surface area contributed by atoms with Gasteiger partial charge in [0, 0.05) is 29.6 Å². The normalized spacial score (nSPS) is 17.6. The third-order valence-electron chi connectivity index (χ3n) is 6.13. The Hall–Kier alpha value is -4.04. The first-order chi connectivity index (χ1) is 16.4. The van der Waals surface area contributed by atoms with Gasteiger partial charge in [0.25, 0.3) is 5.69 Å². The number of nitrogens with one attached hydrogen (secondary N) is 1. The monoisotopic (exact) mass is 470 g/mol. The molecule has 1 N–H and O–H groups in total. The third-order valence-corrected chi connectivity index (χ3v) is 6.44. The van der Waals surface area contributed by atoms with Gasteiger partial charge < -0.3 is 14.6 Å². The summed E-state index contributed by atoms with van der Waals surface area (Å²) >= 11 is 5.77. The molecule has 0 spiro atoms. The van der Waals surface area contributed by atoms with Crippen molar-refractivity contribution < 1.29 is 9.34 Å². The van der Waals surface area contributed by atoms with Crippen LogP contribution >= 0.6 is 12.2 Å². The van der Waals surface area contributed by atoms with Gasteiger partial charge in [0.15, 0.2) is 5.11 Å². The first kappa shape index (κ1) is 21.8. The Morgan fingerprint density at radius 2 is 1.88 bits per heavy atom. The number of rotatable bonds is 5. The number of furan rings is 1. The molecule has 1 fully saturated rings. The number of aryl methyl sites for hydroxylation is 2. The fourth-order valence-electron chi connectivity index (χ4n) is 4.24. The van der Waals surface area contributed by atoms with Crippen LogP contribution in [0.1, 0.15) is 34.7 Å². The van der Waals surface area contributed by atoms with Gasteiger partial charge in [0.1, 0.15) is 17.6 Å². The summed E-state index contributed by atoms with van der Waals surface area (Å²) in [6, 6.07) is 21.7. The molecule has 2 aromatic heterocycles. The molecule has 34 heavy (non-hydrogen) atoms. The molecule has 2 atom stereocenters. The molecule has 0 aliphatic carbocycles. The number of aromatic nitrogens is 1. The number of benzene rings is 2. The standard InChI is InChI=1S/C26H22N4O3S/c1-16-9-10-19(14-17(16)2)29-25(24(28-26(29)34)21-8-3-4-13-27-21)23-12-11-22(33-23)18-6-5-7-20(15-18)30(31)32/h3-15,24-25H,1-2H3,(H,28,34)/t24-,25-/m1/s1. The average Bonchev–Trinajstić information content (AvgIpc) is 3.46. The van der Waals surface area contributed by atoms with E-state index in [-0.39, 0.29) is 17.8 Å². The largest absolute Gasteiger partial charge is 0.459 e. The van der Waals surface area contributed by atoms with Gasteiger partial charge in [-0.1, -0.05) is 24.3 Å². The van der Waals surface area contributed by atoms with Crippen molar-refractivity contribution in [2.24, 2.45) is 0 Å². The summed E-state index contributed by atoms with van der Waals surface area (Å²) in [7, 11) is 0. The number of thiocarbonyl (C=S) groups is 1. The molecule has 0 radical (unpaired) electrons. The number of nitrogens with zero attached hydrogens (tertiary/aromatic N) is 3. The molecule has 0 bridgehead atoms. The summed E-state index contributed by atoms with van der Waals surface area (Å²) in [6.45, 7) is 4.15. The lowest BCUT2D eigenvalue weighted by atomic mass is 10.0. The van der Waals surface area contributed by atoms with Gasteiger partial charge >= 0.3 is 0 Å². The number of hydrogen-bond acceptors (Lipinski definition) is 5. The van der Waals surface area contributed by atoms with Crippen molar-refractivity contribution in [2.75, 3.05) is 4.90 Å². The lowest BCUT2D eigenvalue weighted by Gasteiger charge is -2.26. The highest BCUT2D eigenvalue weighted by atomic mass is 32.1. The van der Waals surface area contributed by atoms with Crippen LogP contribution in [0.3, 0.4) is 0 Å². The lowest BCUT2D eigenvalue weighted by Crippen LogP contribution is -2.29. The predicted octanol–water partition coefficient (Wildman–Crippen LogP) is 6.04. The highest BCUT2D eigenvalue weighted by Gasteiger charge is 2.42. The number of non-ortho nitro benzene ring substituents is 1. The van der Waals surface area contributed by atoms with E-state index < -0.39 is 4.92 Å². The summed E-state index contributed by atoms with van der Waals surface area (Å²) in [5.41, 5.74) is 4.82. The molecule has 2 aromatic carbocycles. The van der Waals surface area contributed by atoms with E-state index in [1.165, 1.54) is 17.7 Å². The van der Waals surface area contributed by atoms with E-state index >= 15 is 0 Å². The second-order valence-corrected chi connectivity index (χ2v) is 8.66. The molecular formula is C26H22N4O3S. The van der Waals surface area contributed by atoms with E-state index in [2.05, 4.69) is 47.2 Å². The van der Waals surface area contributed by atoms with Gasteiger partial charge in [-0.2, -0.15) is 0 Å². The predicted molar refractivity (Wildman–Crippen MR) is 135 cm³/mol. The molecule has 0 unspecified atom stereocenters. The van der Waals surface area contributed by atoms with E-state index in [4.69, 9.17) is 16.6 Å². The van der Waals surface area contributed by atoms with E-state index in [0.717, 1.165) is 16.9 Å². The number of nitro groups is 1. The number of nitro benzene ring substituents is 1. The highest BCUT2D eigenvalue weighted by molar-refractivity contribution is 7.80. The molecule has 1 aliphatic heterocycles. The maximum atomic E-state index is 11.2. The van der Waals surface area contributed by atoms with Gasteiger partial charge in [-0.3, -0.25) is 15.1 Å². The van der Waals surface area contributed by atoms with E-state index in [0.29, 0.717) is 22.2 Å². The summed E-state index contributed by atoms with van der Waals surface area (Å²) in [5.74, 6) is 1.24. The van der Waals surface area contributed by atoms with Gasteiger partial charge in [0.2, 0.25) is 0 Å². The molecule has 8 heteroatoms. The van der Waals surface area contributed by atoms with Crippen LogP contribution < -0.4 is 10.2 Å². The zero-order chi connectivity index (χ0) is 23.8. The van der Waals surface area contributed by atoms with E-state index in [1.807, 2.05) is 30.3 Å². The molecule has 1 saturated heterocycles. The van der Waals surface area contributed by atoms with Crippen molar-refractivity contribution in [3.63, 3.8) is 0 Å². The Bertz CT molecular complexity index is 1390. The first-order valence-corrected chi connectivity index (χ1v) is 11.3. The van der Waals surface area contributed by atoms with Crippen molar-refractivity contribution in [3.05, 3.63) is 112 Å². The Balaban J connectivity index is 1.60. The molecule has 5 rings (SSSR count). The molecule has 0 saturated carbocycles. The molecule has 0 amide bonds. The third kappa shape index (κ3) is 3.92. The van der Waals surface area contributed by atoms with Gasteiger partial charge in [-0.25, -0.2) is 0 Å². The number of anilines is 1. The fourth-order valence-corrected chi connectivity index (χ4v) is 4.58. The molecule has 1 aliphatic rings. The van der Waals surface area contributed by atoms with Gasteiger partial charge in [-0.05, 0) is 73.6 Å². The Morgan fingerprint density at radius 1 is 1.03 bits per heavy atom. The zero-order valence-corrected chi connectivity index (χ0v) is 19.5. The molecular weight excluding hydrogens is 448 g/mol. The quantitative estimate of drug-likeness (QED) is 0.216. The van der Waals surface area contributed by atoms with Crippen molar-refractivity contribution >= 4 is 28.7 Å². The van der Waals surface area contributed by atoms with Crippen LogP contribution in [0, 0.1) is 24.0 Å². The highest BCUT2D eigenvalue weighted by Crippen LogP contribution is 2.43. The smallest absolute Gasteiger partial charge is 0.270 e. The minimum atomic E-state index is -0.411. The zero-order valence-electron chi connectivity index (χ0n) is 18.6. The Labute approximate surface area is 202 Å². The minimum absolute atomic E-state index is 0.0160. The summed E-state index contributed by atoms with van der Waals surface area (Å²) in [4.78, 5) is 17.4. The maximum Gasteiger partial charge on any atom is 0.270 e. The van der Waals surface area contributed by atoms with Gasteiger partial charge in [-0.15, -0.1) is 0 Å². The van der Waals surface area contributed by atoms with Crippen LogP contribution in [0.2, 0.25) is 0 Å². The van der Waals surface area contributed by atoms with Gasteiger partial charge in [0.05, 0.1) is 16.7 Å². The Morgan fingerprint density at radius 3 is 2.62 bits per heavy atom. The Kier molecular flexibility index (Phi) is 5.59. The first-order valence-electron chi connectivity index (χ1n) is 10.8. The lowest BCUT2D eigenvalue weighted by molar-refractivity contribution is -0.384. The second-order valence-electron chi connectivity index (χ2n) is 8.27.